The van der Waals surface area contributed by atoms with Crippen LogP contribution in [0.25, 0.3) is 32.8 Å². The van der Waals surface area contributed by atoms with Crippen molar-refractivity contribution in [3.05, 3.63) is 47.5 Å². The lowest BCUT2D eigenvalue weighted by Crippen LogP contribution is -2.37. The van der Waals surface area contributed by atoms with E-state index in [-0.39, 0.29) is 0 Å². The lowest BCUT2D eigenvalue weighted by Gasteiger charge is -2.26. The summed E-state index contributed by atoms with van der Waals surface area (Å²) in [7, 11) is 0. The number of likely N-dealkylation sites (tertiary alicyclic amines) is 1. The number of hydrogen-bond acceptors (Lipinski definition) is 5. The molecule has 7 heteroatoms. The van der Waals surface area contributed by atoms with Crippen LogP contribution in [0.15, 0.2) is 42.5 Å². The van der Waals surface area contributed by atoms with Crippen molar-refractivity contribution in [2.75, 3.05) is 64.3 Å². The highest BCUT2D eigenvalue weighted by Gasteiger charge is 2.17. The molecule has 0 spiro atoms. The average molecular weight is 492 g/mol. The normalized spacial score (nSPS) is 17.7. The summed E-state index contributed by atoms with van der Waals surface area (Å²) < 4.78 is 7.93. The minimum atomic E-state index is 0.720. The van der Waals surface area contributed by atoms with E-state index in [2.05, 4.69) is 50.0 Å². The van der Waals surface area contributed by atoms with E-state index >= 15 is 0 Å². The van der Waals surface area contributed by atoms with Crippen LogP contribution in [-0.2, 0) is 11.3 Å². The molecule has 2 aliphatic heterocycles. The van der Waals surface area contributed by atoms with Gasteiger partial charge in [0.05, 0.1) is 35.3 Å². The fraction of sp³-hybridized carbons (Fsp3) is 0.464. The predicted octanol–water partition coefficient (Wildman–Crippen LogP) is 5.23. The Morgan fingerprint density at radius 2 is 1.66 bits per heavy atom. The number of aromatic nitrogens is 2. The minimum absolute atomic E-state index is 0.720. The third-order valence-electron chi connectivity index (χ3n) is 7.53. The van der Waals surface area contributed by atoms with E-state index in [4.69, 9.17) is 21.3 Å². The predicted molar refractivity (Wildman–Crippen MR) is 146 cm³/mol. The molecule has 6 rings (SSSR count). The van der Waals surface area contributed by atoms with Gasteiger partial charge in [0, 0.05) is 54.2 Å². The molecule has 4 aromatic rings. The van der Waals surface area contributed by atoms with Crippen molar-refractivity contribution in [1.29, 1.82) is 0 Å². The Kier molecular flexibility index (Phi) is 6.79. The molecule has 0 unspecified atom stereocenters. The SMILES string of the molecule is Clc1cc(NCCCN2CCOCC2)c2cc3c(nc2c1)c1ccccc1n3CCN1CCCC1. The first-order valence-corrected chi connectivity index (χ1v) is 13.4. The van der Waals surface area contributed by atoms with Gasteiger partial charge in [-0.15, -0.1) is 0 Å². The van der Waals surface area contributed by atoms with Gasteiger partial charge in [0.2, 0.25) is 0 Å². The van der Waals surface area contributed by atoms with Crippen molar-refractivity contribution < 1.29 is 4.74 Å². The number of hydrogen-bond donors (Lipinski definition) is 1. The van der Waals surface area contributed by atoms with Crippen molar-refractivity contribution in [2.24, 2.45) is 0 Å². The van der Waals surface area contributed by atoms with Crippen molar-refractivity contribution in [2.45, 2.75) is 25.8 Å². The molecule has 0 saturated carbocycles. The Bertz CT molecular complexity index is 1320. The molecular formula is C28H34ClN5O. The zero-order chi connectivity index (χ0) is 23.6. The lowest BCUT2D eigenvalue weighted by atomic mass is 10.1. The first-order chi connectivity index (χ1) is 17.3. The van der Waals surface area contributed by atoms with Gasteiger partial charge >= 0.3 is 0 Å². The average Bonchev–Trinajstić information content (AvgIpc) is 3.51. The molecule has 2 aromatic heterocycles. The third-order valence-corrected chi connectivity index (χ3v) is 7.75. The Labute approximate surface area is 211 Å². The van der Waals surface area contributed by atoms with Gasteiger partial charge < -0.3 is 19.5 Å². The van der Waals surface area contributed by atoms with Crippen LogP contribution < -0.4 is 5.32 Å². The van der Waals surface area contributed by atoms with E-state index < -0.39 is 0 Å². The van der Waals surface area contributed by atoms with Crippen LogP contribution in [-0.4, -0.2) is 78.4 Å². The summed E-state index contributed by atoms with van der Waals surface area (Å²) in [5, 5.41) is 6.73. The van der Waals surface area contributed by atoms with Crippen molar-refractivity contribution in [1.82, 2.24) is 19.4 Å². The van der Waals surface area contributed by atoms with E-state index in [1.807, 2.05) is 12.1 Å². The Hall–Kier alpha value is -2.38. The fourth-order valence-electron chi connectivity index (χ4n) is 5.66. The summed E-state index contributed by atoms with van der Waals surface area (Å²) in [6, 6.07) is 15.0. The largest absolute Gasteiger partial charge is 0.384 e. The first kappa shape index (κ1) is 23.0. The minimum Gasteiger partial charge on any atom is -0.384 e. The number of anilines is 1. The summed E-state index contributed by atoms with van der Waals surface area (Å²) in [6.07, 6.45) is 3.72. The van der Waals surface area contributed by atoms with Gasteiger partial charge in [-0.25, -0.2) is 4.98 Å². The molecule has 0 amide bonds. The Balaban J connectivity index is 1.32. The molecule has 4 heterocycles. The zero-order valence-corrected chi connectivity index (χ0v) is 21.1. The highest BCUT2D eigenvalue weighted by Crippen LogP contribution is 2.34. The van der Waals surface area contributed by atoms with E-state index in [0.29, 0.717) is 0 Å². The molecular weight excluding hydrogens is 458 g/mol. The zero-order valence-electron chi connectivity index (χ0n) is 20.3. The highest BCUT2D eigenvalue weighted by atomic mass is 35.5. The maximum atomic E-state index is 6.54. The van der Waals surface area contributed by atoms with E-state index in [0.717, 1.165) is 86.0 Å². The van der Waals surface area contributed by atoms with Crippen LogP contribution in [0.5, 0.6) is 0 Å². The molecule has 0 bridgehead atoms. The molecule has 2 aromatic carbocycles. The number of para-hydroxylation sites is 1. The standard InChI is InChI=1S/C28H34ClN5O/c29-21-18-24(30-8-5-11-33-14-16-35-17-15-33)23-20-27-28(31-25(23)19-21)22-6-1-2-7-26(22)34(27)13-12-32-9-3-4-10-32/h1-2,6-7,18-20,30H,3-5,8-17H2. The molecule has 0 radical (unpaired) electrons. The van der Waals surface area contributed by atoms with E-state index in [9.17, 15) is 0 Å². The van der Waals surface area contributed by atoms with Crippen LogP contribution in [0.1, 0.15) is 19.3 Å². The van der Waals surface area contributed by atoms with Gasteiger partial charge in [0.15, 0.2) is 0 Å². The Morgan fingerprint density at radius 1 is 0.857 bits per heavy atom. The molecule has 2 aliphatic rings. The molecule has 184 valence electrons. The van der Waals surface area contributed by atoms with Crippen molar-refractivity contribution >= 4 is 50.1 Å². The number of benzene rings is 2. The summed E-state index contributed by atoms with van der Waals surface area (Å²) in [4.78, 5) is 10.2. The van der Waals surface area contributed by atoms with Crippen LogP contribution in [0.3, 0.4) is 0 Å². The molecule has 0 atom stereocenters. The molecule has 0 aliphatic carbocycles. The summed E-state index contributed by atoms with van der Waals surface area (Å²) in [5.41, 5.74) is 5.55. The number of morpholine rings is 1. The second-order valence-corrected chi connectivity index (χ2v) is 10.3. The fourth-order valence-corrected chi connectivity index (χ4v) is 5.87. The van der Waals surface area contributed by atoms with Gasteiger partial charge in [-0.2, -0.15) is 0 Å². The molecule has 1 N–H and O–H groups in total. The topological polar surface area (TPSA) is 45.6 Å². The van der Waals surface area contributed by atoms with Crippen LogP contribution in [0, 0.1) is 0 Å². The second kappa shape index (κ2) is 10.3. The van der Waals surface area contributed by atoms with Gasteiger partial charge in [0.25, 0.3) is 0 Å². The summed E-state index contributed by atoms with van der Waals surface area (Å²) in [6.45, 7) is 10.2. The number of rotatable bonds is 8. The van der Waals surface area contributed by atoms with Crippen LogP contribution in [0.4, 0.5) is 5.69 Å². The van der Waals surface area contributed by atoms with Crippen LogP contribution in [0.2, 0.25) is 5.02 Å². The highest BCUT2D eigenvalue weighted by molar-refractivity contribution is 6.32. The second-order valence-electron chi connectivity index (χ2n) is 9.83. The van der Waals surface area contributed by atoms with E-state index in [1.54, 1.807) is 0 Å². The first-order valence-electron chi connectivity index (χ1n) is 13.0. The number of nitrogens with zero attached hydrogens (tertiary/aromatic N) is 4. The smallest absolute Gasteiger partial charge is 0.0967 e. The summed E-state index contributed by atoms with van der Waals surface area (Å²) in [5.74, 6) is 0. The Morgan fingerprint density at radius 3 is 2.51 bits per heavy atom. The van der Waals surface area contributed by atoms with Crippen molar-refractivity contribution in [3.63, 3.8) is 0 Å². The molecule has 2 saturated heterocycles. The lowest BCUT2D eigenvalue weighted by molar-refractivity contribution is 0.0378. The quantitative estimate of drug-likeness (QED) is 0.342. The van der Waals surface area contributed by atoms with Crippen molar-refractivity contribution in [3.8, 4) is 0 Å². The molecule has 35 heavy (non-hydrogen) atoms. The maximum Gasteiger partial charge on any atom is 0.0967 e. The third kappa shape index (κ3) is 4.85. The summed E-state index contributed by atoms with van der Waals surface area (Å²) >= 11 is 6.54. The monoisotopic (exact) mass is 491 g/mol. The molecule has 2 fully saturated rings. The number of nitrogens with one attached hydrogen (secondary N) is 1. The van der Waals surface area contributed by atoms with E-state index in [1.165, 1.54) is 42.4 Å². The molecule has 6 nitrogen and oxygen atoms in total. The van der Waals surface area contributed by atoms with Gasteiger partial charge in [-0.1, -0.05) is 29.8 Å². The van der Waals surface area contributed by atoms with Gasteiger partial charge in [0.1, 0.15) is 0 Å². The number of halogens is 1. The van der Waals surface area contributed by atoms with Crippen LogP contribution >= 0.6 is 11.6 Å². The number of fused-ring (bicyclic) bond motifs is 4. The number of ether oxygens (including phenoxy) is 1. The number of pyridine rings is 1. The van der Waals surface area contributed by atoms with Gasteiger partial charge in [-0.3, -0.25) is 4.90 Å². The van der Waals surface area contributed by atoms with Gasteiger partial charge in [-0.05, 0) is 63.2 Å². The maximum absolute atomic E-state index is 6.54.